The zero-order valence-corrected chi connectivity index (χ0v) is 15.4. The molecule has 0 aliphatic heterocycles. The van der Waals surface area contributed by atoms with Gasteiger partial charge in [-0.15, -0.1) is 0 Å². The highest BCUT2D eigenvalue weighted by Gasteiger charge is 2.05. The molecular weight excluding hydrogens is 304 g/mol. The van der Waals surface area contributed by atoms with Crippen LogP contribution >= 0.6 is 0 Å². The molecule has 0 radical (unpaired) electrons. The molecular formula is C18H32N4O2. The van der Waals surface area contributed by atoms with Crippen molar-refractivity contribution in [2.24, 2.45) is 10.7 Å². The second-order valence-electron chi connectivity index (χ2n) is 5.69. The number of methoxy groups -OCH3 is 1. The summed E-state index contributed by atoms with van der Waals surface area (Å²) in [5.41, 5.74) is 6.94. The van der Waals surface area contributed by atoms with Crippen molar-refractivity contribution in [2.75, 3.05) is 40.0 Å². The van der Waals surface area contributed by atoms with E-state index >= 15 is 0 Å². The van der Waals surface area contributed by atoms with E-state index in [1.807, 2.05) is 31.2 Å². The molecule has 0 bridgehead atoms. The maximum atomic E-state index is 5.93. The van der Waals surface area contributed by atoms with Crippen LogP contribution < -0.4 is 15.8 Å². The van der Waals surface area contributed by atoms with Crippen molar-refractivity contribution in [3.8, 4) is 5.75 Å². The number of ether oxygens (including phenoxy) is 2. The van der Waals surface area contributed by atoms with E-state index in [0.29, 0.717) is 25.7 Å². The van der Waals surface area contributed by atoms with E-state index in [0.717, 1.165) is 30.9 Å². The molecule has 136 valence electrons. The summed E-state index contributed by atoms with van der Waals surface area (Å²) in [6.45, 7) is 11.0. The van der Waals surface area contributed by atoms with Gasteiger partial charge in [-0.3, -0.25) is 0 Å². The quantitative estimate of drug-likeness (QED) is 0.477. The zero-order chi connectivity index (χ0) is 17.8. The molecule has 1 aromatic rings. The minimum atomic E-state index is 0.124. The summed E-state index contributed by atoms with van der Waals surface area (Å²) >= 11 is 0. The van der Waals surface area contributed by atoms with Gasteiger partial charge >= 0.3 is 0 Å². The Labute approximate surface area is 146 Å². The van der Waals surface area contributed by atoms with Crippen LogP contribution in [0, 0.1) is 0 Å². The Morgan fingerprint density at radius 3 is 2.67 bits per heavy atom. The molecule has 1 atom stereocenters. The van der Waals surface area contributed by atoms with Gasteiger partial charge in [-0.05, 0) is 26.1 Å². The first-order chi connectivity index (χ1) is 11.6. The van der Waals surface area contributed by atoms with Crippen LogP contribution in [-0.4, -0.2) is 56.9 Å². The van der Waals surface area contributed by atoms with Crippen LogP contribution in [0.15, 0.2) is 29.3 Å². The monoisotopic (exact) mass is 336 g/mol. The lowest BCUT2D eigenvalue weighted by atomic mass is 10.2. The maximum absolute atomic E-state index is 5.93. The van der Waals surface area contributed by atoms with E-state index in [9.17, 15) is 0 Å². The Kier molecular flexibility index (Phi) is 9.88. The van der Waals surface area contributed by atoms with Crippen LogP contribution in [0.25, 0.3) is 0 Å². The lowest BCUT2D eigenvalue weighted by Crippen LogP contribution is -2.40. The molecule has 3 N–H and O–H groups in total. The van der Waals surface area contributed by atoms with E-state index in [2.05, 4.69) is 29.1 Å². The lowest BCUT2D eigenvalue weighted by Gasteiger charge is -2.18. The predicted molar refractivity (Wildman–Crippen MR) is 99.5 cm³/mol. The number of benzene rings is 1. The summed E-state index contributed by atoms with van der Waals surface area (Å²) in [6, 6.07) is 8.08. The highest BCUT2D eigenvalue weighted by Crippen LogP contribution is 2.18. The molecule has 0 aliphatic carbocycles. The van der Waals surface area contributed by atoms with Gasteiger partial charge in [-0.2, -0.15) is 0 Å². The number of hydrogen-bond donors (Lipinski definition) is 2. The van der Waals surface area contributed by atoms with Gasteiger partial charge in [-0.1, -0.05) is 32.0 Å². The Balaban J connectivity index is 2.56. The van der Waals surface area contributed by atoms with E-state index in [-0.39, 0.29) is 6.04 Å². The average Bonchev–Trinajstić information content (AvgIpc) is 2.58. The van der Waals surface area contributed by atoms with Gasteiger partial charge in [-0.25, -0.2) is 4.99 Å². The van der Waals surface area contributed by atoms with Crippen LogP contribution in [0.3, 0.4) is 0 Å². The van der Waals surface area contributed by atoms with E-state index in [1.54, 1.807) is 7.11 Å². The van der Waals surface area contributed by atoms with Gasteiger partial charge in [0.25, 0.3) is 0 Å². The van der Waals surface area contributed by atoms with Gasteiger partial charge in [0.2, 0.25) is 0 Å². The first-order valence-corrected chi connectivity index (χ1v) is 8.59. The van der Waals surface area contributed by atoms with E-state index < -0.39 is 0 Å². The van der Waals surface area contributed by atoms with Crippen molar-refractivity contribution in [1.29, 1.82) is 0 Å². The maximum Gasteiger partial charge on any atom is 0.189 e. The SMILES string of the molecule is CCN(CC)CCOc1ccccc1CN=C(N)NC(C)COC. The highest BCUT2D eigenvalue weighted by molar-refractivity contribution is 5.78. The number of para-hydroxylation sites is 1. The number of rotatable bonds is 11. The molecule has 0 saturated heterocycles. The number of hydrogen-bond acceptors (Lipinski definition) is 4. The van der Waals surface area contributed by atoms with E-state index in [4.69, 9.17) is 15.2 Å². The average molecular weight is 336 g/mol. The van der Waals surface area contributed by atoms with Crippen molar-refractivity contribution < 1.29 is 9.47 Å². The predicted octanol–water partition coefficient (Wildman–Crippen LogP) is 1.85. The molecule has 24 heavy (non-hydrogen) atoms. The number of nitrogens with two attached hydrogens (primary N) is 1. The molecule has 1 unspecified atom stereocenters. The van der Waals surface area contributed by atoms with Crippen molar-refractivity contribution in [3.63, 3.8) is 0 Å². The zero-order valence-electron chi connectivity index (χ0n) is 15.4. The van der Waals surface area contributed by atoms with Crippen LogP contribution in [0.5, 0.6) is 5.75 Å². The third kappa shape index (κ3) is 7.66. The topological polar surface area (TPSA) is 72.1 Å². The number of aliphatic imine (C=N–C) groups is 1. The summed E-state index contributed by atoms with van der Waals surface area (Å²) in [5.74, 6) is 1.28. The largest absolute Gasteiger partial charge is 0.492 e. The van der Waals surface area contributed by atoms with Crippen LogP contribution in [0.1, 0.15) is 26.3 Å². The summed E-state index contributed by atoms with van der Waals surface area (Å²) in [5, 5.41) is 3.10. The molecule has 1 aromatic carbocycles. The highest BCUT2D eigenvalue weighted by atomic mass is 16.5. The van der Waals surface area contributed by atoms with Crippen molar-refractivity contribution in [2.45, 2.75) is 33.4 Å². The molecule has 1 rings (SSSR count). The summed E-state index contributed by atoms with van der Waals surface area (Å²) in [7, 11) is 1.66. The minimum absolute atomic E-state index is 0.124. The molecule has 0 aliphatic rings. The van der Waals surface area contributed by atoms with Crippen molar-refractivity contribution in [3.05, 3.63) is 29.8 Å². The van der Waals surface area contributed by atoms with Crippen molar-refractivity contribution >= 4 is 5.96 Å². The fraction of sp³-hybridized carbons (Fsp3) is 0.611. The number of nitrogens with one attached hydrogen (secondary N) is 1. The summed E-state index contributed by atoms with van der Waals surface area (Å²) in [6.07, 6.45) is 0. The standard InChI is InChI=1S/C18H32N4O2/c1-5-22(6-2)11-12-24-17-10-8-7-9-16(17)13-20-18(19)21-15(3)14-23-4/h7-10,15H,5-6,11-14H2,1-4H3,(H3,19,20,21). The molecule has 0 aromatic heterocycles. The molecule has 0 heterocycles. The Bertz CT molecular complexity index is 490. The van der Waals surface area contributed by atoms with E-state index in [1.165, 1.54) is 0 Å². The third-order valence-corrected chi connectivity index (χ3v) is 3.76. The molecule has 0 saturated carbocycles. The van der Waals surface area contributed by atoms with Gasteiger partial charge in [0.15, 0.2) is 5.96 Å². The number of likely N-dealkylation sites (N-methyl/N-ethyl adjacent to an activating group) is 1. The Morgan fingerprint density at radius 1 is 1.29 bits per heavy atom. The van der Waals surface area contributed by atoms with Gasteiger partial charge < -0.3 is 25.4 Å². The normalized spacial score (nSPS) is 13.1. The lowest BCUT2D eigenvalue weighted by molar-refractivity contribution is 0.179. The first kappa shape index (κ1) is 20.3. The molecule has 0 fully saturated rings. The second kappa shape index (κ2) is 11.7. The number of guanidine groups is 1. The van der Waals surface area contributed by atoms with Crippen LogP contribution in [0.2, 0.25) is 0 Å². The fourth-order valence-electron chi connectivity index (χ4n) is 2.36. The molecule has 0 amide bonds. The van der Waals surface area contributed by atoms with Crippen molar-refractivity contribution in [1.82, 2.24) is 10.2 Å². The van der Waals surface area contributed by atoms with Crippen LogP contribution in [-0.2, 0) is 11.3 Å². The number of nitrogens with zero attached hydrogens (tertiary/aromatic N) is 2. The first-order valence-electron chi connectivity index (χ1n) is 8.59. The molecule has 6 heteroatoms. The second-order valence-corrected chi connectivity index (χ2v) is 5.69. The van der Waals surface area contributed by atoms with Gasteiger partial charge in [0.05, 0.1) is 13.2 Å². The molecule has 6 nitrogen and oxygen atoms in total. The fourth-order valence-corrected chi connectivity index (χ4v) is 2.36. The molecule has 0 spiro atoms. The van der Waals surface area contributed by atoms with Crippen LogP contribution in [0.4, 0.5) is 0 Å². The third-order valence-electron chi connectivity index (χ3n) is 3.76. The summed E-state index contributed by atoms with van der Waals surface area (Å²) in [4.78, 5) is 6.72. The summed E-state index contributed by atoms with van der Waals surface area (Å²) < 4.78 is 11.0. The van der Waals surface area contributed by atoms with Gasteiger partial charge in [0, 0.05) is 25.3 Å². The van der Waals surface area contributed by atoms with Gasteiger partial charge in [0.1, 0.15) is 12.4 Å². The minimum Gasteiger partial charge on any atom is -0.492 e. The smallest absolute Gasteiger partial charge is 0.189 e. The Hall–Kier alpha value is -1.79. The Morgan fingerprint density at radius 2 is 2.00 bits per heavy atom.